The molecular weight excluding hydrogens is 244 g/mol. The first-order valence-electron chi connectivity index (χ1n) is 7.35. The number of aromatic nitrogens is 1. The SMILES string of the molecule is CCNC(c1c(C)cccc1C)C(C)c1ccccn1. The van der Waals surface area contributed by atoms with E-state index in [-0.39, 0.29) is 0 Å². The van der Waals surface area contributed by atoms with Crippen LogP contribution in [0, 0.1) is 13.8 Å². The van der Waals surface area contributed by atoms with Crippen molar-refractivity contribution in [1.29, 1.82) is 0 Å². The highest BCUT2D eigenvalue weighted by atomic mass is 14.9. The number of likely N-dealkylation sites (N-methyl/N-ethyl adjacent to an activating group) is 1. The highest BCUT2D eigenvalue weighted by Crippen LogP contribution is 2.33. The third-order valence-electron chi connectivity index (χ3n) is 3.93. The van der Waals surface area contributed by atoms with Gasteiger partial charge in [0.2, 0.25) is 0 Å². The molecule has 0 saturated heterocycles. The number of nitrogens with one attached hydrogen (secondary N) is 1. The van der Waals surface area contributed by atoms with Crippen molar-refractivity contribution in [1.82, 2.24) is 10.3 Å². The number of nitrogens with zero attached hydrogens (tertiary/aromatic N) is 1. The summed E-state index contributed by atoms with van der Waals surface area (Å²) in [6.07, 6.45) is 1.87. The van der Waals surface area contributed by atoms with Crippen LogP contribution >= 0.6 is 0 Å². The highest BCUT2D eigenvalue weighted by molar-refractivity contribution is 5.38. The Labute approximate surface area is 122 Å². The number of aryl methyl sites for hydroxylation is 2. The Morgan fingerprint density at radius 2 is 1.75 bits per heavy atom. The van der Waals surface area contributed by atoms with Crippen molar-refractivity contribution in [2.45, 2.75) is 39.7 Å². The van der Waals surface area contributed by atoms with Crippen molar-refractivity contribution in [3.63, 3.8) is 0 Å². The maximum absolute atomic E-state index is 4.53. The molecular formula is C18H24N2. The fraction of sp³-hybridized carbons (Fsp3) is 0.389. The van der Waals surface area contributed by atoms with E-state index >= 15 is 0 Å². The molecule has 1 N–H and O–H groups in total. The van der Waals surface area contributed by atoms with Crippen molar-refractivity contribution in [2.75, 3.05) is 6.54 Å². The molecule has 0 spiro atoms. The largest absolute Gasteiger partial charge is 0.310 e. The smallest absolute Gasteiger partial charge is 0.0450 e. The van der Waals surface area contributed by atoms with E-state index in [0.717, 1.165) is 12.2 Å². The molecule has 1 aromatic heterocycles. The lowest BCUT2D eigenvalue weighted by Gasteiger charge is -2.28. The summed E-state index contributed by atoms with van der Waals surface area (Å²) in [6.45, 7) is 9.75. The lowest BCUT2D eigenvalue weighted by atomic mass is 9.86. The average molecular weight is 268 g/mol. The molecule has 2 heteroatoms. The fourth-order valence-corrected chi connectivity index (χ4v) is 2.88. The predicted molar refractivity (Wildman–Crippen MR) is 85.0 cm³/mol. The van der Waals surface area contributed by atoms with Crippen molar-refractivity contribution in [3.05, 3.63) is 65.0 Å². The third kappa shape index (κ3) is 3.07. The van der Waals surface area contributed by atoms with Crippen LogP contribution in [-0.4, -0.2) is 11.5 Å². The lowest BCUT2D eigenvalue weighted by molar-refractivity contribution is 0.468. The molecule has 20 heavy (non-hydrogen) atoms. The Kier molecular flexibility index (Phi) is 4.91. The molecule has 1 heterocycles. The Hall–Kier alpha value is -1.67. The van der Waals surface area contributed by atoms with Crippen LogP contribution in [0.1, 0.15) is 48.2 Å². The van der Waals surface area contributed by atoms with E-state index in [1.54, 1.807) is 0 Å². The summed E-state index contributed by atoms with van der Waals surface area (Å²) in [5.74, 6) is 0.343. The minimum absolute atomic E-state index is 0.302. The minimum Gasteiger partial charge on any atom is -0.310 e. The first-order chi connectivity index (χ1) is 9.65. The van der Waals surface area contributed by atoms with Gasteiger partial charge >= 0.3 is 0 Å². The molecule has 2 rings (SSSR count). The van der Waals surface area contributed by atoms with Gasteiger partial charge in [-0.3, -0.25) is 4.98 Å². The maximum Gasteiger partial charge on any atom is 0.0450 e. The number of hydrogen-bond acceptors (Lipinski definition) is 2. The number of pyridine rings is 1. The molecule has 0 aliphatic heterocycles. The van der Waals surface area contributed by atoms with Gasteiger partial charge in [-0.25, -0.2) is 0 Å². The van der Waals surface area contributed by atoms with E-state index < -0.39 is 0 Å². The molecule has 2 aromatic rings. The van der Waals surface area contributed by atoms with Gasteiger partial charge in [0.05, 0.1) is 0 Å². The molecule has 0 saturated carbocycles. The van der Waals surface area contributed by atoms with E-state index in [0.29, 0.717) is 12.0 Å². The summed E-state index contributed by atoms with van der Waals surface area (Å²) in [4.78, 5) is 4.53. The van der Waals surface area contributed by atoms with Gasteiger partial charge in [0, 0.05) is 23.9 Å². The molecule has 2 atom stereocenters. The molecule has 2 nitrogen and oxygen atoms in total. The number of rotatable bonds is 5. The molecule has 0 bridgehead atoms. The molecule has 0 amide bonds. The van der Waals surface area contributed by atoms with Crippen molar-refractivity contribution < 1.29 is 0 Å². The van der Waals surface area contributed by atoms with Crippen molar-refractivity contribution in [3.8, 4) is 0 Å². The van der Waals surface area contributed by atoms with E-state index in [4.69, 9.17) is 0 Å². The normalized spacial score (nSPS) is 14.0. The Bertz CT molecular complexity index is 528. The van der Waals surface area contributed by atoms with Crippen molar-refractivity contribution in [2.24, 2.45) is 0 Å². The van der Waals surface area contributed by atoms with Gasteiger partial charge in [-0.05, 0) is 49.2 Å². The van der Waals surface area contributed by atoms with Crippen LogP contribution in [-0.2, 0) is 0 Å². The fourth-order valence-electron chi connectivity index (χ4n) is 2.88. The summed E-state index contributed by atoms with van der Waals surface area (Å²) >= 11 is 0. The van der Waals surface area contributed by atoms with Crippen molar-refractivity contribution >= 4 is 0 Å². The summed E-state index contributed by atoms with van der Waals surface area (Å²) < 4.78 is 0. The van der Waals surface area contributed by atoms with E-state index in [9.17, 15) is 0 Å². The standard InChI is InChI=1S/C18H24N2/c1-5-19-18(15(4)16-11-6-7-12-20-16)17-13(2)9-8-10-14(17)3/h6-12,15,18-19H,5H2,1-4H3. The van der Waals surface area contributed by atoms with E-state index in [2.05, 4.69) is 68.3 Å². The van der Waals surface area contributed by atoms with Crippen LogP contribution < -0.4 is 5.32 Å². The topological polar surface area (TPSA) is 24.9 Å². The Morgan fingerprint density at radius 1 is 1.05 bits per heavy atom. The molecule has 0 fully saturated rings. The first kappa shape index (κ1) is 14.7. The quantitative estimate of drug-likeness (QED) is 0.881. The molecule has 1 aromatic carbocycles. The third-order valence-corrected chi connectivity index (χ3v) is 3.93. The summed E-state index contributed by atoms with van der Waals surface area (Å²) in [7, 11) is 0. The zero-order valence-corrected chi connectivity index (χ0v) is 12.9. The second kappa shape index (κ2) is 6.67. The summed E-state index contributed by atoms with van der Waals surface area (Å²) in [5, 5.41) is 3.64. The Balaban J connectivity index is 2.41. The van der Waals surface area contributed by atoms with Gasteiger partial charge in [-0.15, -0.1) is 0 Å². The molecule has 106 valence electrons. The minimum atomic E-state index is 0.302. The highest BCUT2D eigenvalue weighted by Gasteiger charge is 2.23. The van der Waals surface area contributed by atoms with Gasteiger partial charge in [0.15, 0.2) is 0 Å². The second-order valence-electron chi connectivity index (χ2n) is 5.38. The van der Waals surface area contributed by atoms with Crippen LogP contribution in [0.25, 0.3) is 0 Å². The van der Waals surface area contributed by atoms with Crippen LogP contribution in [0.3, 0.4) is 0 Å². The van der Waals surface area contributed by atoms with Crippen LogP contribution in [0.4, 0.5) is 0 Å². The maximum atomic E-state index is 4.53. The summed E-state index contributed by atoms with van der Waals surface area (Å²) in [5.41, 5.74) is 5.24. The van der Waals surface area contributed by atoms with Gasteiger partial charge in [0.25, 0.3) is 0 Å². The zero-order valence-electron chi connectivity index (χ0n) is 12.9. The van der Waals surface area contributed by atoms with E-state index in [1.165, 1.54) is 16.7 Å². The monoisotopic (exact) mass is 268 g/mol. The van der Waals surface area contributed by atoms with Gasteiger partial charge in [-0.1, -0.05) is 38.1 Å². The number of benzene rings is 1. The second-order valence-corrected chi connectivity index (χ2v) is 5.38. The van der Waals surface area contributed by atoms with Gasteiger partial charge in [0.1, 0.15) is 0 Å². The van der Waals surface area contributed by atoms with Crippen LogP contribution in [0.5, 0.6) is 0 Å². The predicted octanol–water partition coefficient (Wildman–Crippen LogP) is 4.15. The van der Waals surface area contributed by atoms with Crippen LogP contribution in [0.2, 0.25) is 0 Å². The Morgan fingerprint density at radius 3 is 2.30 bits per heavy atom. The average Bonchev–Trinajstić information content (AvgIpc) is 2.46. The number of hydrogen-bond donors (Lipinski definition) is 1. The molecule has 0 aliphatic carbocycles. The zero-order chi connectivity index (χ0) is 14.5. The first-order valence-corrected chi connectivity index (χ1v) is 7.35. The molecule has 0 aliphatic rings. The van der Waals surface area contributed by atoms with E-state index in [1.807, 2.05) is 12.3 Å². The lowest BCUT2D eigenvalue weighted by Crippen LogP contribution is -2.27. The van der Waals surface area contributed by atoms with Crippen LogP contribution in [0.15, 0.2) is 42.6 Å². The summed E-state index contributed by atoms with van der Waals surface area (Å²) in [6, 6.07) is 13.0. The molecule has 2 unspecified atom stereocenters. The van der Waals surface area contributed by atoms with Gasteiger partial charge < -0.3 is 5.32 Å². The van der Waals surface area contributed by atoms with Gasteiger partial charge in [-0.2, -0.15) is 0 Å². The molecule has 0 radical (unpaired) electrons.